The summed E-state index contributed by atoms with van der Waals surface area (Å²) in [7, 11) is 0. The molecular weight excluding hydrogens is 393 g/mol. The van der Waals surface area contributed by atoms with Gasteiger partial charge in [0.15, 0.2) is 5.69 Å². The predicted octanol–water partition coefficient (Wildman–Crippen LogP) is 4.51. The van der Waals surface area contributed by atoms with Gasteiger partial charge in [-0.3, -0.25) is 10.1 Å². The van der Waals surface area contributed by atoms with Gasteiger partial charge >= 0.3 is 12.1 Å². The minimum atomic E-state index is -4.78. The van der Waals surface area contributed by atoms with Gasteiger partial charge in [0.2, 0.25) is 5.95 Å². The van der Waals surface area contributed by atoms with E-state index in [1.807, 2.05) is 0 Å². The molecule has 0 aliphatic heterocycles. The van der Waals surface area contributed by atoms with Crippen LogP contribution in [0.4, 0.5) is 30.5 Å². The minimum Gasteiger partial charge on any atom is -0.478 e. The van der Waals surface area contributed by atoms with Crippen LogP contribution in [0.15, 0.2) is 54.6 Å². The average molecular weight is 404 g/mol. The number of hydrogen-bond acceptors (Lipinski definition) is 6. The number of benzene rings is 2. The Balaban J connectivity index is 2.03. The SMILES string of the molecule is O=C(O)c1ccc(Nc2nc(-c3cccc([N+](=O)[O-])c3)cc(C(F)(F)F)n2)cc1. The first kappa shape index (κ1) is 19.7. The fourth-order valence-corrected chi connectivity index (χ4v) is 2.40. The molecule has 0 amide bonds. The topological polar surface area (TPSA) is 118 Å². The molecule has 2 aromatic carbocycles. The second-order valence-electron chi connectivity index (χ2n) is 5.77. The molecule has 0 atom stereocenters. The number of alkyl halides is 3. The molecule has 1 heterocycles. The lowest BCUT2D eigenvalue weighted by atomic mass is 10.1. The number of non-ortho nitro benzene ring substituents is 1. The zero-order valence-corrected chi connectivity index (χ0v) is 14.3. The van der Waals surface area contributed by atoms with Crippen LogP contribution in [-0.4, -0.2) is 26.0 Å². The maximum absolute atomic E-state index is 13.3. The zero-order chi connectivity index (χ0) is 21.2. The molecule has 0 saturated heterocycles. The van der Waals surface area contributed by atoms with Crippen molar-refractivity contribution in [2.45, 2.75) is 6.18 Å². The second-order valence-corrected chi connectivity index (χ2v) is 5.77. The maximum atomic E-state index is 13.3. The number of hydrogen-bond donors (Lipinski definition) is 2. The molecule has 0 bridgehead atoms. The van der Waals surface area contributed by atoms with Crippen molar-refractivity contribution in [1.29, 1.82) is 0 Å². The highest BCUT2D eigenvalue weighted by Crippen LogP contribution is 2.32. The Bertz CT molecular complexity index is 1090. The zero-order valence-electron chi connectivity index (χ0n) is 14.3. The highest BCUT2D eigenvalue weighted by molar-refractivity contribution is 5.88. The molecule has 1 aromatic heterocycles. The summed E-state index contributed by atoms with van der Waals surface area (Å²) in [4.78, 5) is 28.6. The van der Waals surface area contributed by atoms with E-state index in [4.69, 9.17) is 5.11 Å². The standard InChI is InChI=1S/C18H11F3N4O4/c19-18(20,21)15-9-14(11-2-1-3-13(8-11)25(28)29)23-17(24-15)22-12-6-4-10(5-7-12)16(26)27/h1-9H,(H,26,27)(H,22,23,24). The number of aromatic nitrogens is 2. The van der Waals surface area contributed by atoms with Crippen LogP contribution < -0.4 is 5.32 Å². The molecule has 0 radical (unpaired) electrons. The number of carbonyl (C=O) groups is 1. The number of aromatic carboxylic acids is 1. The maximum Gasteiger partial charge on any atom is 0.433 e. The lowest BCUT2D eigenvalue weighted by Crippen LogP contribution is -2.11. The van der Waals surface area contributed by atoms with E-state index in [-0.39, 0.29) is 28.2 Å². The van der Waals surface area contributed by atoms with Crippen molar-refractivity contribution >= 4 is 23.3 Å². The van der Waals surface area contributed by atoms with E-state index in [0.29, 0.717) is 6.07 Å². The van der Waals surface area contributed by atoms with Crippen LogP contribution in [0.5, 0.6) is 0 Å². The van der Waals surface area contributed by atoms with Crippen LogP contribution in [0.1, 0.15) is 16.1 Å². The Morgan fingerprint density at radius 2 is 1.76 bits per heavy atom. The summed E-state index contributed by atoms with van der Waals surface area (Å²) in [5, 5.41) is 22.4. The Morgan fingerprint density at radius 3 is 2.34 bits per heavy atom. The number of nitrogens with one attached hydrogen (secondary N) is 1. The van der Waals surface area contributed by atoms with Gasteiger partial charge in [-0.2, -0.15) is 13.2 Å². The van der Waals surface area contributed by atoms with E-state index in [2.05, 4.69) is 15.3 Å². The summed E-state index contributed by atoms with van der Waals surface area (Å²) in [6.07, 6.45) is -4.78. The van der Waals surface area contributed by atoms with Gasteiger partial charge < -0.3 is 10.4 Å². The second kappa shape index (κ2) is 7.54. The number of rotatable bonds is 5. The van der Waals surface area contributed by atoms with E-state index >= 15 is 0 Å². The monoisotopic (exact) mass is 404 g/mol. The van der Waals surface area contributed by atoms with E-state index in [9.17, 15) is 28.1 Å². The van der Waals surface area contributed by atoms with Gasteiger partial charge in [0.05, 0.1) is 16.2 Å². The van der Waals surface area contributed by atoms with Crippen LogP contribution in [0.3, 0.4) is 0 Å². The molecule has 0 fully saturated rings. The molecule has 2 N–H and O–H groups in total. The first-order chi connectivity index (χ1) is 13.6. The average Bonchev–Trinajstić information content (AvgIpc) is 2.67. The number of nitro benzene ring substituents is 1. The van der Waals surface area contributed by atoms with Crippen molar-refractivity contribution in [1.82, 2.24) is 9.97 Å². The highest BCUT2D eigenvalue weighted by atomic mass is 19.4. The van der Waals surface area contributed by atoms with Crippen molar-refractivity contribution in [3.05, 3.63) is 76.0 Å². The van der Waals surface area contributed by atoms with Crippen molar-refractivity contribution in [2.75, 3.05) is 5.32 Å². The lowest BCUT2D eigenvalue weighted by molar-refractivity contribution is -0.384. The van der Waals surface area contributed by atoms with Gasteiger partial charge in [-0.25, -0.2) is 14.8 Å². The van der Waals surface area contributed by atoms with Crippen molar-refractivity contribution < 1.29 is 28.0 Å². The fourth-order valence-electron chi connectivity index (χ4n) is 2.40. The first-order valence-electron chi connectivity index (χ1n) is 7.95. The third-order valence-electron chi connectivity index (χ3n) is 3.76. The Morgan fingerprint density at radius 1 is 1.07 bits per heavy atom. The molecule has 11 heteroatoms. The Labute approximate surface area is 160 Å². The van der Waals surface area contributed by atoms with Crippen molar-refractivity contribution in [3.8, 4) is 11.3 Å². The normalized spacial score (nSPS) is 11.1. The van der Waals surface area contributed by atoms with Crippen LogP contribution in [-0.2, 0) is 6.18 Å². The van der Waals surface area contributed by atoms with E-state index in [1.165, 1.54) is 42.5 Å². The van der Waals surface area contributed by atoms with Crippen LogP contribution in [0.2, 0.25) is 0 Å². The smallest absolute Gasteiger partial charge is 0.433 e. The molecule has 0 unspecified atom stereocenters. The van der Waals surface area contributed by atoms with Gasteiger partial charge in [-0.15, -0.1) is 0 Å². The molecule has 0 aliphatic carbocycles. The van der Waals surface area contributed by atoms with Gasteiger partial charge in [0.25, 0.3) is 5.69 Å². The molecule has 148 valence electrons. The molecule has 29 heavy (non-hydrogen) atoms. The molecular formula is C18H11F3N4O4. The Hall–Kier alpha value is -4.02. The Kier molecular flexibility index (Phi) is 5.13. The molecule has 0 saturated carbocycles. The van der Waals surface area contributed by atoms with E-state index in [0.717, 1.165) is 6.07 Å². The molecule has 0 spiro atoms. The molecule has 0 aliphatic rings. The molecule has 3 rings (SSSR count). The number of anilines is 2. The van der Waals surface area contributed by atoms with Crippen molar-refractivity contribution in [2.24, 2.45) is 0 Å². The van der Waals surface area contributed by atoms with Crippen LogP contribution in [0, 0.1) is 10.1 Å². The molecule has 3 aromatic rings. The van der Waals surface area contributed by atoms with Gasteiger partial charge in [0.1, 0.15) is 0 Å². The quantitative estimate of drug-likeness (QED) is 0.474. The number of nitro groups is 1. The van der Waals surface area contributed by atoms with E-state index in [1.54, 1.807) is 0 Å². The number of halogens is 3. The third kappa shape index (κ3) is 4.64. The summed E-state index contributed by atoms with van der Waals surface area (Å²) in [5.74, 6) is -1.55. The van der Waals surface area contributed by atoms with Crippen molar-refractivity contribution in [3.63, 3.8) is 0 Å². The summed E-state index contributed by atoms with van der Waals surface area (Å²) in [5.41, 5.74) is -1.33. The van der Waals surface area contributed by atoms with Crippen LogP contribution >= 0.6 is 0 Å². The summed E-state index contributed by atoms with van der Waals surface area (Å²) in [6.45, 7) is 0. The predicted molar refractivity (Wildman–Crippen MR) is 95.8 cm³/mol. The van der Waals surface area contributed by atoms with Crippen LogP contribution in [0.25, 0.3) is 11.3 Å². The number of nitrogens with zero attached hydrogens (tertiary/aromatic N) is 3. The van der Waals surface area contributed by atoms with E-state index < -0.39 is 28.7 Å². The largest absolute Gasteiger partial charge is 0.478 e. The minimum absolute atomic E-state index is 0.00204. The fraction of sp³-hybridized carbons (Fsp3) is 0.0556. The van der Waals surface area contributed by atoms with Gasteiger partial charge in [-0.05, 0) is 30.3 Å². The first-order valence-corrected chi connectivity index (χ1v) is 7.95. The van der Waals surface area contributed by atoms with Gasteiger partial charge in [-0.1, -0.05) is 12.1 Å². The number of carboxylic acid groups (broad SMARTS) is 1. The summed E-state index contributed by atoms with van der Waals surface area (Å²) < 4.78 is 39.8. The summed E-state index contributed by atoms with van der Waals surface area (Å²) in [6, 6.07) is 10.9. The third-order valence-corrected chi connectivity index (χ3v) is 3.76. The summed E-state index contributed by atoms with van der Waals surface area (Å²) >= 11 is 0. The number of carboxylic acids is 1. The highest BCUT2D eigenvalue weighted by Gasteiger charge is 2.34. The van der Waals surface area contributed by atoms with Gasteiger partial charge in [0, 0.05) is 23.4 Å². The molecule has 8 nitrogen and oxygen atoms in total. The lowest BCUT2D eigenvalue weighted by Gasteiger charge is -2.12.